The van der Waals surface area contributed by atoms with E-state index in [9.17, 15) is 116 Å². The Labute approximate surface area is 825 Å². The van der Waals surface area contributed by atoms with E-state index < -0.39 is 266 Å². The number of phenolic OH excluding ortho intramolecular Hbond substituents is 3. The summed E-state index contributed by atoms with van der Waals surface area (Å²) < 4.78 is 13.2. The quantitative estimate of drug-likeness (QED) is 0.0161. The lowest BCUT2D eigenvalue weighted by Gasteiger charge is -2.32. The molecule has 144 heavy (non-hydrogen) atoms. The number of benzene rings is 5. The number of likely N-dealkylation sites (tertiary alicyclic amines) is 1. The molecule has 774 valence electrons. The number of phenols is 3. The number of carbonyl (C=O) groups is 20. The third-order valence-corrected chi connectivity index (χ3v) is 23.5. The minimum Gasteiger partial charge on any atom is -0.508 e. The molecule has 28 N–H and O–H groups in total. The number of hydrogen-bond donors (Lipinski definition) is 25. The molecule has 1 fully saturated rings. The van der Waals surface area contributed by atoms with Crippen molar-refractivity contribution >= 4 is 129 Å². The second-order valence-corrected chi connectivity index (χ2v) is 35.1. The Morgan fingerprint density at radius 2 is 0.944 bits per heavy atom. The smallest absolute Gasteiger partial charge is 0.251 e. The molecule has 0 aliphatic carbocycles. The van der Waals surface area contributed by atoms with Crippen molar-refractivity contribution in [2.75, 3.05) is 39.3 Å². The van der Waals surface area contributed by atoms with Gasteiger partial charge in [0.1, 0.15) is 95.6 Å². The van der Waals surface area contributed by atoms with Crippen molar-refractivity contribution in [1.82, 2.24) is 105 Å². The Kier molecular flexibility index (Phi) is 43.5. The number of amides is 20. The molecule has 7 aromatic rings. The van der Waals surface area contributed by atoms with Gasteiger partial charge in [-0.05, 0) is 146 Å². The minimum atomic E-state index is -1.93. The average molecular weight is 2000 g/mol. The summed E-state index contributed by atoms with van der Waals surface area (Å²) in [5, 5.41) is 82.4. The third kappa shape index (κ3) is 36.3. The second kappa shape index (κ2) is 55.5. The number of nitrogens with one attached hydrogen (secondary N) is 18. The van der Waals surface area contributed by atoms with Gasteiger partial charge in [-0.3, -0.25) is 95.9 Å². The van der Waals surface area contributed by atoms with Gasteiger partial charge in [-0.1, -0.05) is 88.7 Å². The summed E-state index contributed by atoms with van der Waals surface area (Å²) in [4.78, 5) is 286. The lowest BCUT2D eigenvalue weighted by molar-refractivity contribution is -0.144. The van der Waals surface area contributed by atoms with Gasteiger partial charge in [0.25, 0.3) is 5.91 Å². The van der Waals surface area contributed by atoms with Crippen molar-refractivity contribution in [2.45, 2.75) is 210 Å². The topological polar surface area (TPSA) is 741 Å². The van der Waals surface area contributed by atoms with E-state index in [1.165, 1.54) is 118 Å². The predicted octanol–water partition coefficient (Wildman–Crippen LogP) is -4.22. The first-order valence-electron chi connectivity index (χ1n) is 46.5. The molecule has 47 nitrogen and oxygen atoms in total. The zero-order valence-corrected chi connectivity index (χ0v) is 80.0. The van der Waals surface area contributed by atoms with E-state index in [-0.39, 0.29) is 87.3 Å². The molecule has 0 spiro atoms. The number of para-hydroxylation sites is 1. The molecule has 1 aliphatic heterocycles. The number of rotatable bonds is 56. The van der Waals surface area contributed by atoms with E-state index in [0.717, 1.165) is 24.0 Å². The van der Waals surface area contributed by atoms with Crippen molar-refractivity contribution in [1.29, 1.82) is 0 Å². The molecule has 1 aliphatic rings. The number of carbonyl (C=O) groups excluding carboxylic acids is 20. The van der Waals surface area contributed by atoms with Gasteiger partial charge in [0.2, 0.25) is 112 Å². The van der Waals surface area contributed by atoms with Crippen molar-refractivity contribution < 1.29 is 121 Å². The fourth-order valence-electron chi connectivity index (χ4n) is 15.4. The number of halogens is 1. The van der Waals surface area contributed by atoms with E-state index in [2.05, 4.69) is 100 Å². The highest BCUT2D eigenvalue weighted by atomic mass is 18.2. The van der Waals surface area contributed by atoms with Crippen LogP contribution in [-0.2, 0) is 123 Å². The van der Waals surface area contributed by atoms with Crippen molar-refractivity contribution in [3.63, 3.8) is 0 Å². The first-order valence-corrected chi connectivity index (χ1v) is 46.5. The van der Waals surface area contributed by atoms with Crippen LogP contribution in [-0.4, -0.2) is 276 Å². The van der Waals surface area contributed by atoms with E-state index in [4.69, 9.17) is 17.2 Å². The maximum absolute atomic E-state index is 15.2. The number of H-pyrrole nitrogens is 2. The SMILES string of the molecule is CC[C@H](C)[C@H](NC(=O)[C@@H](NC(=O)[C@H](CC(N)=O)NC(=O)[C@H](CCC(N)=O)NC(=O)[C@@H]1CCCN1C(=O)[C@@H](NC(=O)[C@H](Cc1ccc(O)cc1)NC(=O)CNC(=O)[C@H](Cc1ccc(O)cc1)NC(=O)[C@H](Cc1c[nH]c2ccccc12)NC(=O)[C@H](Cc1cnc[nH]1)NC(=O)[C@H](Cc1ccc(O)cc1)NC(C)=O)[C@@H](C)O)C(C)C)C(=O)NCC(=O)NCC(=O)NCC(=O)N[C@@H](CCCCNC(=O)c1ccc([18F])cc1)C(N)=O. The summed E-state index contributed by atoms with van der Waals surface area (Å²) in [7, 11) is 0. The number of aliphatic hydroxyl groups is 1. The number of hydrogen-bond acceptors (Lipinski definition) is 25. The number of primary amides is 3. The molecule has 0 radical (unpaired) electrons. The summed E-state index contributed by atoms with van der Waals surface area (Å²) in [5.74, 6) is -21.3. The average Bonchev–Trinajstić information content (AvgIpc) is 1.45. The number of unbranched alkanes of at least 4 members (excludes halogenated alkanes) is 1. The molecule has 0 unspecified atom stereocenters. The van der Waals surface area contributed by atoms with Gasteiger partial charge in [0, 0.05) is 93.1 Å². The molecule has 8 rings (SSSR count). The van der Waals surface area contributed by atoms with E-state index in [0.29, 0.717) is 51.7 Å². The Morgan fingerprint density at radius 3 is 1.47 bits per heavy atom. The fraction of sp³-hybridized carbons (Fsp3) is 0.427. The molecule has 0 bridgehead atoms. The molecule has 48 heteroatoms. The van der Waals surface area contributed by atoms with Crippen LogP contribution in [0.2, 0.25) is 0 Å². The van der Waals surface area contributed by atoms with E-state index in [1.54, 1.807) is 44.3 Å². The summed E-state index contributed by atoms with van der Waals surface area (Å²) in [6.07, 6.45) is 0.186. The number of aliphatic hydroxyl groups excluding tert-OH is 1. The number of aromatic hydroxyl groups is 3. The third-order valence-electron chi connectivity index (χ3n) is 23.5. The van der Waals surface area contributed by atoms with Crippen molar-refractivity contribution in [3.8, 4) is 17.2 Å². The summed E-state index contributed by atoms with van der Waals surface area (Å²) in [6, 6.07) is 9.79. The van der Waals surface area contributed by atoms with Crippen LogP contribution in [0.1, 0.15) is 138 Å². The van der Waals surface area contributed by atoms with Crippen molar-refractivity contribution in [2.24, 2.45) is 29.0 Å². The van der Waals surface area contributed by atoms with Crippen LogP contribution in [0.15, 0.2) is 140 Å². The van der Waals surface area contributed by atoms with Gasteiger partial charge in [-0.15, -0.1) is 0 Å². The lowest BCUT2D eigenvalue weighted by Crippen LogP contribution is -2.62. The van der Waals surface area contributed by atoms with Gasteiger partial charge < -0.3 is 138 Å². The number of imidazole rings is 1. The van der Waals surface area contributed by atoms with Gasteiger partial charge in [0.15, 0.2) is 0 Å². The van der Waals surface area contributed by atoms with Gasteiger partial charge in [-0.2, -0.15) is 0 Å². The van der Waals surface area contributed by atoms with Crippen LogP contribution in [0.5, 0.6) is 17.2 Å². The number of aromatic nitrogens is 3. The number of fused-ring (bicyclic) bond motifs is 1. The van der Waals surface area contributed by atoms with Crippen LogP contribution >= 0.6 is 0 Å². The molecule has 0 saturated carbocycles. The van der Waals surface area contributed by atoms with Crippen LogP contribution in [0.3, 0.4) is 0 Å². The zero-order valence-electron chi connectivity index (χ0n) is 80.0. The van der Waals surface area contributed by atoms with Crippen molar-refractivity contribution in [3.05, 3.63) is 179 Å². The number of aromatic amines is 2. The van der Waals surface area contributed by atoms with Gasteiger partial charge >= 0.3 is 0 Å². The first kappa shape index (κ1) is 113. The van der Waals surface area contributed by atoms with Crippen LogP contribution in [0.4, 0.5) is 4.39 Å². The molecule has 2 aromatic heterocycles. The predicted molar refractivity (Wildman–Crippen MR) is 513 cm³/mol. The normalized spacial score (nSPS) is 14.8. The Bertz CT molecular complexity index is 5690. The fourth-order valence-corrected chi connectivity index (χ4v) is 15.4. The second-order valence-electron chi connectivity index (χ2n) is 35.1. The molecular formula is C96H124FN23O24. The largest absolute Gasteiger partial charge is 0.508 e. The summed E-state index contributed by atoms with van der Waals surface area (Å²) >= 11 is 0. The molecule has 1 saturated heterocycles. The molecule has 20 amide bonds. The summed E-state index contributed by atoms with van der Waals surface area (Å²) in [5.41, 5.74) is 19.5. The van der Waals surface area contributed by atoms with E-state index >= 15 is 4.79 Å². The highest BCUT2D eigenvalue weighted by Crippen LogP contribution is 2.25. The van der Waals surface area contributed by atoms with Crippen LogP contribution in [0.25, 0.3) is 10.9 Å². The number of nitrogens with two attached hydrogens (primary N) is 3. The molecule has 14 atom stereocenters. The van der Waals surface area contributed by atoms with Crippen LogP contribution < -0.4 is 102 Å². The van der Waals surface area contributed by atoms with Gasteiger partial charge in [-0.25, -0.2) is 9.37 Å². The first-order chi connectivity index (χ1) is 68.4. The number of nitrogens with zero attached hydrogens (tertiary/aromatic N) is 2. The van der Waals surface area contributed by atoms with E-state index in [1.807, 2.05) is 0 Å². The monoisotopic (exact) mass is 2000 g/mol. The van der Waals surface area contributed by atoms with Gasteiger partial charge in [0.05, 0.1) is 45.0 Å². The minimum absolute atomic E-state index is 0.0571. The maximum atomic E-state index is 15.2. The summed E-state index contributed by atoms with van der Waals surface area (Å²) in [6.45, 7) is 5.53. The Hall–Kier alpha value is -16.5. The zero-order chi connectivity index (χ0) is 106. The Balaban J connectivity index is 0.897. The maximum Gasteiger partial charge on any atom is 0.251 e. The highest BCUT2D eigenvalue weighted by molar-refractivity contribution is 6.02. The lowest BCUT2D eigenvalue weighted by atomic mass is 9.96. The molecule has 5 aromatic carbocycles. The standard InChI is InChI=1S/C96H124FN23O24/c1-7-51(4)82(94(142)107-46-78(129)104-45-77(128)105-47-79(130)110-66(84(100)132)15-10-11-35-102-85(133)57-23-25-59(97)26-24-57)118-95(143)81(50(2)3)117-92(140)73(42-76(99)127)116-87(135)67(33-34-75(98)126)112-93(141)74-16-12-36-120(74)96(144)83(52(5)121)119-91(139)70(39-56-21-31-63(125)32-22-56)111-80(131)48-106-86(134)68(37-54-17-27-61(123)28-18-54)113-89(137)71(40-58-43-103-65-14-9-8-13-64(58)65)114-90(138)72(41-60-44-101-49-108-60)115-88(136)69(109-53(6)122)38-55-19-29-62(124)30-20-55/h8-9,13-14,17-32,43-44,49-52,66-74,81-83,103,121,123-125H,7,10-12,15-16,33-42,45-48H2,1-6H3,(H2,98,126)(H2,99,127)(H2,100,132)(H,101,108)(H,102,133)(H,104,129)(H,105,128)(H,106,134)(H,107,142)(H,109,122)(H,110,130)(H,111,131)(H,112,141)(H,113,137)(H,114,138)(H,115,136)(H,116,135)(H,117,140)(H,118,143)(H,119,139)/t51-,52+,66-,67-,68-,69-,70-,71-,72-,73-,74-,81-,82-,83-/m0/s1/i97-1. The Morgan fingerprint density at radius 1 is 0.465 bits per heavy atom. The molecular weight excluding hydrogens is 1880 g/mol. The molecule has 3 heterocycles. The highest BCUT2D eigenvalue weighted by Gasteiger charge is 2.43. The van der Waals surface area contributed by atoms with Crippen LogP contribution in [0, 0.1) is 17.7 Å².